The van der Waals surface area contributed by atoms with Crippen LogP contribution < -0.4 is 10.2 Å². The number of nitrogens with zero attached hydrogens (tertiary/aromatic N) is 1. The molecule has 29 heavy (non-hydrogen) atoms. The Hall–Kier alpha value is -3.39. The molecular formula is C21H13F3N2O2S. The quantitative estimate of drug-likeness (QED) is 0.600. The first-order valence-corrected chi connectivity index (χ1v) is 9.40. The minimum absolute atomic E-state index is 0.0288. The van der Waals surface area contributed by atoms with Crippen LogP contribution in [-0.2, 0) is 15.8 Å². The number of nitrogens with one attached hydrogen (secondary N) is 1. The van der Waals surface area contributed by atoms with Crippen LogP contribution in [-0.4, -0.2) is 11.8 Å². The van der Waals surface area contributed by atoms with E-state index in [1.165, 1.54) is 23.5 Å². The van der Waals surface area contributed by atoms with Gasteiger partial charge in [-0.2, -0.15) is 13.2 Å². The van der Waals surface area contributed by atoms with Gasteiger partial charge in [-0.15, -0.1) is 11.3 Å². The maximum absolute atomic E-state index is 13.1. The predicted octanol–water partition coefficient (Wildman–Crippen LogP) is 5.16. The summed E-state index contributed by atoms with van der Waals surface area (Å²) in [5.41, 5.74) is -0.317. The second-order valence-electron chi connectivity index (χ2n) is 6.21. The summed E-state index contributed by atoms with van der Waals surface area (Å²) in [5.74, 6) is -1.38. The van der Waals surface area contributed by atoms with E-state index in [2.05, 4.69) is 5.32 Å². The van der Waals surface area contributed by atoms with Gasteiger partial charge in [0, 0.05) is 10.6 Å². The molecule has 2 heterocycles. The lowest BCUT2D eigenvalue weighted by molar-refractivity contribution is -0.137. The molecule has 8 heteroatoms. The van der Waals surface area contributed by atoms with Crippen LogP contribution in [0.5, 0.6) is 0 Å². The highest BCUT2D eigenvalue weighted by Crippen LogP contribution is 2.37. The van der Waals surface area contributed by atoms with Crippen LogP contribution in [0.2, 0.25) is 0 Å². The third kappa shape index (κ3) is 3.54. The van der Waals surface area contributed by atoms with Crippen LogP contribution in [0.15, 0.2) is 77.8 Å². The number of amides is 2. The number of carbonyl (C=O) groups excluding carboxylic acids is 2. The number of alkyl halides is 3. The summed E-state index contributed by atoms with van der Waals surface area (Å²) in [6.45, 7) is 0. The fourth-order valence-electron chi connectivity index (χ4n) is 3.02. The van der Waals surface area contributed by atoms with E-state index < -0.39 is 23.6 Å². The second-order valence-corrected chi connectivity index (χ2v) is 7.16. The lowest BCUT2D eigenvalue weighted by Gasteiger charge is -2.17. The van der Waals surface area contributed by atoms with E-state index in [9.17, 15) is 22.8 Å². The Morgan fingerprint density at radius 3 is 2.28 bits per heavy atom. The number of rotatable bonds is 4. The van der Waals surface area contributed by atoms with Gasteiger partial charge in [0.15, 0.2) is 0 Å². The number of imide groups is 1. The number of thiophene rings is 1. The summed E-state index contributed by atoms with van der Waals surface area (Å²) < 4.78 is 39.3. The van der Waals surface area contributed by atoms with Gasteiger partial charge in [-0.25, -0.2) is 4.90 Å². The van der Waals surface area contributed by atoms with Crippen molar-refractivity contribution in [3.8, 4) is 0 Å². The molecule has 1 aromatic heterocycles. The molecule has 0 bridgehead atoms. The van der Waals surface area contributed by atoms with Crippen LogP contribution in [0.3, 0.4) is 0 Å². The first-order valence-electron chi connectivity index (χ1n) is 8.52. The summed E-state index contributed by atoms with van der Waals surface area (Å²) in [6.07, 6.45) is -4.59. The Morgan fingerprint density at radius 2 is 1.62 bits per heavy atom. The molecular weight excluding hydrogens is 401 g/mol. The van der Waals surface area contributed by atoms with Crippen molar-refractivity contribution in [2.45, 2.75) is 6.18 Å². The summed E-state index contributed by atoms with van der Waals surface area (Å²) >= 11 is 1.27. The lowest BCUT2D eigenvalue weighted by atomic mass is 10.1. The third-order valence-corrected chi connectivity index (χ3v) is 5.21. The molecule has 4 rings (SSSR count). The number of hydrogen-bond donors (Lipinski definition) is 1. The monoisotopic (exact) mass is 414 g/mol. The molecule has 4 nitrogen and oxygen atoms in total. The highest BCUT2D eigenvalue weighted by molar-refractivity contribution is 7.11. The van der Waals surface area contributed by atoms with Crippen molar-refractivity contribution in [1.29, 1.82) is 0 Å². The van der Waals surface area contributed by atoms with Gasteiger partial charge in [0.05, 0.1) is 16.8 Å². The molecule has 0 spiro atoms. The minimum Gasteiger partial charge on any atom is -0.350 e. The molecule has 2 amide bonds. The third-order valence-electron chi connectivity index (χ3n) is 4.33. The number of carbonyl (C=O) groups is 2. The Labute approximate surface area is 167 Å². The standard InChI is InChI=1S/C21H13F3N2O2S/c22-21(23,24)13-6-4-9-15(12-13)26-19(27)17(16-10-5-11-29-16)18(20(26)28)25-14-7-2-1-3-8-14/h1-12,25H. The molecule has 0 radical (unpaired) electrons. The van der Waals surface area contributed by atoms with Crippen molar-refractivity contribution in [2.24, 2.45) is 0 Å². The van der Waals surface area contributed by atoms with Crippen LogP contribution in [0, 0.1) is 0 Å². The Bertz CT molecular complexity index is 1110. The number of anilines is 2. The van der Waals surface area contributed by atoms with Gasteiger partial charge in [-0.3, -0.25) is 9.59 Å². The van der Waals surface area contributed by atoms with Crippen molar-refractivity contribution in [1.82, 2.24) is 0 Å². The largest absolute Gasteiger partial charge is 0.416 e. The van der Waals surface area contributed by atoms with Gasteiger partial charge in [0.1, 0.15) is 5.70 Å². The SMILES string of the molecule is O=C1C(Nc2ccccc2)=C(c2cccs2)C(=O)N1c1cccc(C(F)(F)F)c1. The fourth-order valence-corrected chi connectivity index (χ4v) is 3.78. The van der Waals surface area contributed by atoms with Crippen LogP contribution in [0.1, 0.15) is 10.4 Å². The molecule has 2 aromatic carbocycles. The van der Waals surface area contributed by atoms with Gasteiger partial charge >= 0.3 is 6.18 Å². The smallest absolute Gasteiger partial charge is 0.350 e. The topological polar surface area (TPSA) is 49.4 Å². The Kier molecular flexibility index (Phi) is 4.71. The number of para-hydroxylation sites is 1. The molecule has 0 saturated carbocycles. The molecule has 0 aliphatic carbocycles. The summed E-state index contributed by atoms with van der Waals surface area (Å²) in [6, 6.07) is 16.4. The maximum atomic E-state index is 13.1. The number of halogens is 3. The van der Waals surface area contributed by atoms with Crippen LogP contribution in [0.25, 0.3) is 5.57 Å². The van der Waals surface area contributed by atoms with E-state index in [-0.39, 0.29) is 17.0 Å². The lowest BCUT2D eigenvalue weighted by Crippen LogP contribution is -2.32. The average Bonchev–Trinajstić information content (AvgIpc) is 3.29. The minimum atomic E-state index is -4.59. The van der Waals surface area contributed by atoms with Gasteiger partial charge in [0.2, 0.25) is 0 Å². The predicted molar refractivity (Wildman–Crippen MR) is 105 cm³/mol. The molecule has 1 aliphatic heterocycles. The van der Waals surface area contributed by atoms with Crippen molar-refractivity contribution in [2.75, 3.05) is 10.2 Å². The molecule has 0 atom stereocenters. The molecule has 1 N–H and O–H groups in total. The molecule has 0 saturated heterocycles. The second kappa shape index (κ2) is 7.21. The Morgan fingerprint density at radius 1 is 0.862 bits per heavy atom. The van der Waals surface area contributed by atoms with E-state index >= 15 is 0 Å². The van der Waals surface area contributed by atoms with Crippen molar-refractivity contribution in [3.05, 3.63) is 88.2 Å². The molecule has 3 aromatic rings. The zero-order valence-corrected chi connectivity index (χ0v) is 15.6. The van der Waals surface area contributed by atoms with E-state index in [0.29, 0.717) is 10.6 Å². The normalized spacial score (nSPS) is 14.7. The van der Waals surface area contributed by atoms with E-state index in [0.717, 1.165) is 17.0 Å². The van der Waals surface area contributed by atoms with Gasteiger partial charge in [0.25, 0.3) is 11.8 Å². The summed E-state index contributed by atoms with van der Waals surface area (Å²) in [7, 11) is 0. The number of benzene rings is 2. The fraction of sp³-hybridized carbons (Fsp3) is 0.0476. The van der Waals surface area contributed by atoms with Gasteiger partial charge < -0.3 is 5.32 Å². The van der Waals surface area contributed by atoms with Crippen LogP contribution >= 0.6 is 11.3 Å². The molecule has 0 unspecified atom stereocenters. The zero-order chi connectivity index (χ0) is 20.6. The van der Waals surface area contributed by atoms with E-state index in [1.54, 1.807) is 47.8 Å². The molecule has 0 fully saturated rings. The van der Waals surface area contributed by atoms with Gasteiger partial charge in [-0.05, 0) is 41.8 Å². The maximum Gasteiger partial charge on any atom is 0.416 e. The molecule has 146 valence electrons. The highest BCUT2D eigenvalue weighted by Gasteiger charge is 2.41. The van der Waals surface area contributed by atoms with E-state index in [1.807, 2.05) is 0 Å². The zero-order valence-electron chi connectivity index (χ0n) is 14.7. The number of hydrogen-bond acceptors (Lipinski definition) is 4. The summed E-state index contributed by atoms with van der Waals surface area (Å²) in [5, 5.41) is 4.71. The highest BCUT2D eigenvalue weighted by atomic mass is 32.1. The average molecular weight is 414 g/mol. The Balaban J connectivity index is 1.79. The first-order chi connectivity index (χ1) is 13.9. The van der Waals surface area contributed by atoms with Crippen molar-refractivity contribution < 1.29 is 22.8 Å². The van der Waals surface area contributed by atoms with Crippen molar-refractivity contribution >= 4 is 40.1 Å². The molecule has 1 aliphatic rings. The van der Waals surface area contributed by atoms with Crippen molar-refractivity contribution in [3.63, 3.8) is 0 Å². The van der Waals surface area contributed by atoms with Gasteiger partial charge in [-0.1, -0.05) is 30.3 Å². The van der Waals surface area contributed by atoms with E-state index in [4.69, 9.17) is 0 Å². The van der Waals surface area contributed by atoms with Crippen LogP contribution in [0.4, 0.5) is 24.5 Å². The summed E-state index contributed by atoms with van der Waals surface area (Å²) in [4.78, 5) is 27.5. The first kappa shape index (κ1) is 18.9.